The Morgan fingerprint density at radius 2 is 1.39 bits per heavy atom. The smallest absolute Gasteiger partial charge is 0.328 e. The van der Waals surface area contributed by atoms with E-state index in [9.17, 15) is 34.2 Å². The van der Waals surface area contributed by atoms with Crippen LogP contribution in [0.5, 0.6) is 5.75 Å². The van der Waals surface area contributed by atoms with E-state index < -0.39 is 60.4 Å². The lowest BCUT2D eigenvalue weighted by atomic mass is 10.0. The highest BCUT2D eigenvalue weighted by molar-refractivity contribution is 5.94. The summed E-state index contributed by atoms with van der Waals surface area (Å²) in [6.45, 7) is 2.71. The van der Waals surface area contributed by atoms with E-state index in [1.54, 1.807) is 13.8 Å². The molecule has 13 heteroatoms. The van der Waals surface area contributed by atoms with Crippen molar-refractivity contribution in [2.75, 3.05) is 6.61 Å². The molecule has 0 radical (unpaired) electrons. The molecule has 9 N–H and O–H groups in total. The summed E-state index contributed by atoms with van der Waals surface area (Å²) >= 11 is 0. The number of nitrogens with two attached hydrogens (primary N) is 1. The molecule has 4 atom stereocenters. The van der Waals surface area contributed by atoms with E-state index in [4.69, 9.17) is 15.9 Å². The topological polar surface area (TPSA) is 228 Å². The van der Waals surface area contributed by atoms with Crippen molar-refractivity contribution in [1.82, 2.24) is 16.0 Å². The van der Waals surface area contributed by atoms with E-state index in [0.29, 0.717) is 5.56 Å². The van der Waals surface area contributed by atoms with Crippen LogP contribution in [0.15, 0.2) is 24.3 Å². The van der Waals surface area contributed by atoms with Crippen molar-refractivity contribution in [1.29, 1.82) is 0 Å². The number of carboxylic acids is 2. The zero-order chi connectivity index (χ0) is 27.4. The Morgan fingerprint density at radius 3 is 1.89 bits per heavy atom. The first kappa shape index (κ1) is 30.3. The van der Waals surface area contributed by atoms with Gasteiger partial charge in [-0.2, -0.15) is 0 Å². The Labute approximate surface area is 208 Å². The van der Waals surface area contributed by atoms with E-state index in [-0.39, 0.29) is 37.4 Å². The Balaban J connectivity index is 3.10. The number of phenolic OH excluding ortho intramolecular Hbond substituents is 1. The number of nitrogens with one attached hydrogen (secondary N) is 3. The van der Waals surface area contributed by atoms with Crippen molar-refractivity contribution in [3.63, 3.8) is 0 Å². The monoisotopic (exact) mass is 510 g/mol. The Hall–Kier alpha value is -3.71. The summed E-state index contributed by atoms with van der Waals surface area (Å²) in [6.07, 6.45) is -0.429. The number of carbonyl (C=O) groups excluding carboxylic acids is 3. The van der Waals surface area contributed by atoms with Crippen LogP contribution in [0.25, 0.3) is 0 Å². The number of hydrogen-bond donors (Lipinski definition) is 8. The van der Waals surface area contributed by atoms with Crippen LogP contribution in [-0.2, 0) is 30.4 Å². The standard InChI is InChI=1S/C23H34N4O9/c1-12(2)9-16(21(33)27-18(11-28)23(35)36)26-22(34)17(10-13-3-5-14(29)6-4-13)25-20(32)15(24)7-8-19(30)31/h3-6,12,15-18,28-29H,7-11,24H2,1-2H3,(H,25,32)(H,26,34)(H,27,33)(H,30,31)(H,35,36). The van der Waals surface area contributed by atoms with Gasteiger partial charge in [-0.3, -0.25) is 19.2 Å². The molecule has 0 spiro atoms. The van der Waals surface area contributed by atoms with Crippen LogP contribution < -0.4 is 21.7 Å². The lowest BCUT2D eigenvalue weighted by Crippen LogP contribution is -2.58. The van der Waals surface area contributed by atoms with Crippen LogP contribution in [0.2, 0.25) is 0 Å². The minimum absolute atomic E-state index is 0.00924. The molecule has 0 heterocycles. The molecule has 200 valence electrons. The Bertz CT molecular complexity index is 921. The molecular formula is C23H34N4O9. The van der Waals surface area contributed by atoms with Gasteiger partial charge in [0.2, 0.25) is 17.7 Å². The van der Waals surface area contributed by atoms with Crippen LogP contribution in [0.1, 0.15) is 38.7 Å². The van der Waals surface area contributed by atoms with E-state index in [1.165, 1.54) is 24.3 Å². The highest BCUT2D eigenvalue weighted by atomic mass is 16.4. The molecule has 0 saturated heterocycles. The molecule has 0 fully saturated rings. The summed E-state index contributed by atoms with van der Waals surface area (Å²) < 4.78 is 0. The summed E-state index contributed by atoms with van der Waals surface area (Å²) in [6, 6.07) is 0.670. The van der Waals surface area contributed by atoms with Gasteiger partial charge in [0, 0.05) is 12.8 Å². The molecule has 0 saturated carbocycles. The maximum Gasteiger partial charge on any atom is 0.328 e. The molecule has 1 rings (SSSR count). The van der Waals surface area contributed by atoms with Crippen molar-refractivity contribution in [3.8, 4) is 5.75 Å². The van der Waals surface area contributed by atoms with Gasteiger partial charge in [0.1, 0.15) is 23.9 Å². The fraction of sp³-hybridized carbons (Fsp3) is 0.522. The molecule has 36 heavy (non-hydrogen) atoms. The molecule has 0 bridgehead atoms. The van der Waals surface area contributed by atoms with Crippen LogP contribution >= 0.6 is 0 Å². The lowest BCUT2D eigenvalue weighted by molar-refractivity contribution is -0.143. The van der Waals surface area contributed by atoms with Gasteiger partial charge in [0.15, 0.2) is 0 Å². The number of amides is 3. The zero-order valence-corrected chi connectivity index (χ0v) is 20.1. The van der Waals surface area contributed by atoms with Crippen LogP contribution in [0, 0.1) is 5.92 Å². The van der Waals surface area contributed by atoms with Crippen molar-refractivity contribution >= 4 is 29.7 Å². The second kappa shape index (κ2) is 14.6. The minimum Gasteiger partial charge on any atom is -0.508 e. The molecule has 0 aromatic heterocycles. The van der Waals surface area contributed by atoms with E-state index in [0.717, 1.165) is 0 Å². The number of aliphatic hydroxyl groups excluding tert-OH is 1. The predicted molar refractivity (Wildman–Crippen MR) is 127 cm³/mol. The van der Waals surface area contributed by atoms with Crippen molar-refractivity contribution in [2.45, 2.75) is 63.7 Å². The quantitative estimate of drug-likeness (QED) is 0.139. The third-order valence-corrected chi connectivity index (χ3v) is 5.15. The van der Waals surface area contributed by atoms with Crippen LogP contribution in [0.3, 0.4) is 0 Å². The van der Waals surface area contributed by atoms with Crippen molar-refractivity contribution < 1.29 is 44.4 Å². The van der Waals surface area contributed by atoms with Crippen molar-refractivity contribution in [2.24, 2.45) is 11.7 Å². The van der Waals surface area contributed by atoms with E-state index in [1.807, 2.05) is 0 Å². The van der Waals surface area contributed by atoms with Gasteiger partial charge in [0.05, 0.1) is 12.6 Å². The Kier molecular flexibility index (Phi) is 12.3. The maximum absolute atomic E-state index is 13.2. The summed E-state index contributed by atoms with van der Waals surface area (Å²) in [4.78, 5) is 60.4. The third-order valence-electron chi connectivity index (χ3n) is 5.15. The highest BCUT2D eigenvalue weighted by Gasteiger charge is 2.30. The predicted octanol–water partition coefficient (Wildman–Crippen LogP) is -1.30. The number of carboxylic acid groups (broad SMARTS) is 2. The summed E-state index contributed by atoms with van der Waals surface area (Å²) in [5.41, 5.74) is 6.32. The number of benzene rings is 1. The number of phenols is 1. The van der Waals surface area contributed by atoms with Gasteiger partial charge >= 0.3 is 11.9 Å². The van der Waals surface area contributed by atoms with Gasteiger partial charge in [-0.25, -0.2) is 4.79 Å². The summed E-state index contributed by atoms with van der Waals surface area (Å²) in [5, 5.41) is 43.8. The second-order valence-electron chi connectivity index (χ2n) is 8.74. The molecule has 1 aromatic carbocycles. The minimum atomic E-state index is -1.57. The molecule has 3 amide bonds. The first-order valence-corrected chi connectivity index (χ1v) is 11.3. The normalized spacial score (nSPS) is 14.2. The number of carbonyl (C=O) groups is 5. The van der Waals surface area contributed by atoms with Crippen LogP contribution in [0.4, 0.5) is 0 Å². The van der Waals surface area contributed by atoms with Gasteiger partial charge in [0.25, 0.3) is 0 Å². The van der Waals surface area contributed by atoms with Gasteiger partial charge in [-0.1, -0.05) is 26.0 Å². The maximum atomic E-state index is 13.2. The number of aliphatic hydroxyl groups is 1. The molecule has 0 aliphatic carbocycles. The van der Waals surface area contributed by atoms with Gasteiger partial charge in [-0.05, 0) is 36.5 Å². The molecule has 0 aliphatic heterocycles. The SMILES string of the molecule is CC(C)CC(NC(=O)C(Cc1ccc(O)cc1)NC(=O)C(N)CCC(=O)O)C(=O)NC(CO)C(=O)O. The van der Waals surface area contributed by atoms with Crippen LogP contribution in [-0.4, -0.2) is 80.9 Å². The van der Waals surface area contributed by atoms with E-state index in [2.05, 4.69) is 16.0 Å². The molecule has 4 unspecified atom stereocenters. The van der Waals surface area contributed by atoms with Gasteiger partial charge in [-0.15, -0.1) is 0 Å². The molecule has 13 nitrogen and oxygen atoms in total. The first-order chi connectivity index (χ1) is 16.8. The molecule has 0 aliphatic rings. The molecular weight excluding hydrogens is 476 g/mol. The average molecular weight is 511 g/mol. The number of aromatic hydroxyl groups is 1. The number of rotatable bonds is 15. The number of aliphatic carboxylic acids is 2. The van der Waals surface area contributed by atoms with Crippen molar-refractivity contribution in [3.05, 3.63) is 29.8 Å². The number of hydrogen-bond acceptors (Lipinski definition) is 8. The first-order valence-electron chi connectivity index (χ1n) is 11.3. The highest BCUT2D eigenvalue weighted by Crippen LogP contribution is 2.13. The second-order valence-corrected chi connectivity index (χ2v) is 8.74. The lowest BCUT2D eigenvalue weighted by Gasteiger charge is -2.26. The zero-order valence-electron chi connectivity index (χ0n) is 20.1. The third kappa shape index (κ3) is 10.7. The summed E-state index contributed by atoms with van der Waals surface area (Å²) in [7, 11) is 0. The average Bonchev–Trinajstić information content (AvgIpc) is 2.80. The summed E-state index contributed by atoms with van der Waals surface area (Å²) in [5.74, 6) is -5.05. The van der Waals surface area contributed by atoms with Gasteiger partial charge < -0.3 is 42.1 Å². The Morgan fingerprint density at radius 1 is 0.861 bits per heavy atom. The van der Waals surface area contributed by atoms with E-state index >= 15 is 0 Å². The molecule has 1 aromatic rings. The fourth-order valence-electron chi connectivity index (χ4n) is 3.20. The largest absolute Gasteiger partial charge is 0.508 e. The fourth-order valence-corrected chi connectivity index (χ4v) is 3.20.